The summed E-state index contributed by atoms with van der Waals surface area (Å²) in [5.41, 5.74) is 2.49. The fraction of sp³-hybridized carbons (Fsp3) is 0.167. The Morgan fingerprint density at radius 3 is 2.00 bits per heavy atom. The summed E-state index contributed by atoms with van der Waals surface area (Å²) < 4.78 is 0. The van der Waals surface area contributed by atoms with Gasteiger partial charge in [0.1, 0.15) is 0 Å². The zero-order chi connectivity index (χ0) is 17.0. The van der Waals surface area contributed by atoms with Crippen molar-refractivity contribution in [1.29, 1.82) is 0 Å². The number of anilines is 2. The van der Waals surface area contributed by atoms with Crippen LogP contribution in [0.25, 0.3) is 0 Å². The van der Waals surface area contributed by atoms with Gasteiger partial charge < -0.3 is 10.6 Å². The summed E-state index contributed by atoms with van der Waals surface area (Å²) >= 11 is 0. The molecule has 2 aromatic rings. The average molecular weight is 310 g/mol. The quantitative estimate of drug-likeness (QED) is 0.832. The lowest BCUT2D eigenvalue weighted by molar-refractivity contribution is -0.114. The molecule has 0 unspecified atom stereocenters. The second-order valence-electron chi connectivity index (χ2n) is 5.15. The van der Waals surface area contributed by atoms with Crippen molar-refractivity contribution >= 4 is 28.8 Å². The number of nitrogens with one attached hydrogen (secondary N) is 2. The van der Waals surface area contributed by atoms with Crippen LogP contribution >= 0.6 is 0 Å². The number of benzene rings is 2. The second-order valence-corrected chi connectivity index (χ2v) is 5.15. The minimum Gasteiger partial charge on any atom is -0.388 e. The van der Waals surface area contributed by atoms with E-state index in [0.29, 0.717) is 22.4 Å². The van der Waals surface area contributed by atoms with Gasteiger partial charge in [0, 0.05) is 36.3 Å². The molecule has 0 saturated carbocycles. The monoisotopic (exact) mass is 310 g/mol. The van der Waals surface area contributed by atoms with E-state index in [2.05, 4.69) is 10.6 Å². The van der Waals surface area contributed by atoms with Gasteiger partial charge in [-0.1, -0.05) is 0 Å². The van der Waals surface area contributed by atoms with E-state index in [1.54, 1.807) is 43.4 Å². The van der Waals surface area contributed by atoms with Crippen molar-refractivity contribution in [2.75, 3.05) is 17.7 Å². The van der Waals surface area contributed by atoms with Crippen molar-refractivity contribution in [3.63, 3.8) is 0 Å². The average Bonchev–Trinajstić information content (AvgIpc) is 2.54. The molecule has 1 amide bonds. The highest BCUT2D eigenvalue weighted by Gasteiger charge is 2.16. The molecule has 0 heterocycles. The maximum absolute atomic E-state index is 12.7. The maximum Gasteiger partial charge on any atom is 0.221 e. The number of carbonyl (C=O) groups is 3. The van der Waals surface area contributed by atoms with Gasteiger partial charge in [-0.25, -0.2) is 0 Å². The first-order valence-electron chi connectivity index (χ1n) is 7.17. The number of amides is 1. The molecule has 2 aromatic carbocycles. The summed E-state index contributed by atoms with van der Waals surface area (Å²) in [5, 5.41) is 5.61. The Morgan fingerprint density at radius 2 is 1.48 bits per heavy atom. The van der Waals surface area contributed by atoms with Crippen LogP contribution in [-0.2, 0) is 4.79 Å². The first-order valence-corrected chi connectivity index (χ1v) is 7.17. The lowest BCUT2D eigenvalue weighted by atomic mass is 9.98. The van der Waals surface area contributed by atoms with E-state index in [1.165, 1.54) is 19.9 Å². The van der Waals surface area contributed by atoms with E-state index in [4.69, 9.17) is 0 Å². The molecule has 5 heteroatoms. The van der Waals surface area contributed by atoms with Crippen LogP contribution in [-0.4, -0.2) is 24.5 Å². The zero-order valence-corrected chi connectivity index (χ0v) is 13.3. The number of rotatable bonds is 5. The van der Waals surface area contributed by atoms with Gasteiger partial charge in [-0.15, -0.1) is 0 Å². The zero-order valence-electron chi connectivity index (χ0n) is 13.3. The van der Waals surface area contributed by atoms with E-state index in [1.807, 2.05) is 0 Å². The summed E-state index contributed by atoms with van der Waals surface area (Å²) in [7, 11) is 1.79. The normalized spacial score (nSPS) is 10.0. The molecule has 0 atom stereocenters. The first-order chi connectivity index (χ1) is 10.9. The Balaban J connectivity index is 2.48. The molecule has 5 nitrogen and oxygen atoms in total. The smallest absolute Gasteiger partial charge is 0.221 e. The Labute approximate surface area is 134 Å². The Hall–Kier alpha value is -2.95. The molecule has 0 aliphatic carbocycles. The van der Waals surface area contributed by atoms with Crippen LogP contribution < -0.4 is 10.6 Å². The van der Waals surface area contributed by atoms with Gasteiger partial charge in [-0.05, 0) is 49.4 Å². The summed E-state index contributed by atoms with van der Waals surface area (Å²) in [5.74, 6) is -0.668. The maximum atomic E-state index is 12.7. The van der Waals surface area contributed by atoms with Crippen molar-refractivity contribution in [2.24, 2.45) is 0 Å². The Kier molecular flexibility index (Phi) is 4.91. The molecule has 0 aromatic heterocycles. The molecule has 2 rings (SSSR count). The van der Waals surface area contributed by atoms with Gasteiger partial charge in [0.05, 0.1) is 5.69 Å². The third-order valence-corrected chi connectivity index (χ3v) is 3.42. The van der Waals surface area contributed by atoms with Gasteiger partial charge in [0.15, 0.2) is 11.6 Å². The van der Waals surface area contributed by atoms with Crippen molar-refractivity contribution in [1.82, 2.24) is 0 Å². The molecule has 0 spiro atoms. The van der Waals surface area contributed by atoms with E-state index >= 15 is 0 Å². The largest absolute Gasteiger partial charge is 0.388 e. The van der Waals surface area contributed by atoms with Crippen molar-refractivity contribution in [3.05, 3.63) is 59.2 Å². The third kappa shape index (κ3) is 3.83. The van der Waals surface area contributed by atoms with Gasteiger partial charge in [0.2, 0.25) is 5.91 Å². The van der Waals surface area contributed by atoms with Crippen LogP contribution in [0, 0.1) is 0 Å². The first kappa shape index (κ1) is 16.4. The molecular formula is C18H18N2O3. The minimum absolute atomic E-state index is 0.140. The summed E-state index contributed by atoms with van der Waals surface area (Å²) in [4.78, 5) is 35.6. The van der Waals surface area contributed by atoms with E-state index < -0.39 is 0 Å². The SMILES string of the molecule is CNc1ccc(C(=O)c2cc(C(C)=O)ccc2NC(C)=O)cc1. The Bertz CT molecular complexity index is 764. The number of carbonyl (C=O) groups excluding carboxylic acids is 3. The predicted octanol–water partition coefficient (Wildman–Crippen LogP) is 3.12. The van der Waals surface area contributed by atoms with Gasteiger partial charge >= 0.3 is 0 Å². The number of hydrogen-bond acceptors (Lipinski definition) is 4. The molecule has 0 saturated heterocycles. The van der Waals surface area contributed by atoms with Crippen LogP contribution in [0.4, 0.5) is 11.4 Å². The van der Waals surface area contributed by atoms with Crippen molar-refractivity contribution in [2.45, 2.75) is 13.8 Å². The van der Waals surface area contributed by atoms with Crippen LogP contribution in [0.5, 0.6) is 0 Å². The van der Waals surface area contributed by atoms with Crippen molar-refractivity contribution < 1.29 is 14.4 Å². The van der Waals surface area contributed by atoms with E-state index in [-0.39, 0.29) is 17.5 Å². The van der Waals surface area contributed by atoms with Gasteiger partial charge in [-0.3, -0.25) is 14.4 Å². The van der Waals surface area contributed by atoms with Gasteiger partial charge in [0.25, 0.3) is 0 Å². The van der Waals surface area contributed by atoms with Crippen molar-refractivity contribution in [3.8, 4) is 0 Å². The number of hydrogen-bond donors (Lipinski definition) is 2. The highest BCUT2D eigenvalue weighted by Crippen LogP contribution is 2.22. The van der Waals surface area contributed by atoms with Crippen LogP contribution in [0.15, 0.2) is 42.5 Å². The van der Waals surface area contributed by atoms with Crippen LogP contribution in [0.1, 0.15) is 40.1 Å². The summed E-state index contributed by atoms with van der Waals surface area (Å²) in [6.45, 7) is 2.80. The lowest BCUT2D eigenvalue weighted by Gasteiger charge is -2.11. The molecule has 0 bridgehead atoms. The highest BCUT2D eigenvalue weighted by atomic mass is 16.1. The molecule has 0 aliphatic rings. The fourth-order valence-electron chi connectivity index (χ4n) is 2.19. The molecule has 0 radical (unpaired) electrons. The van der Waals surface area contributed by atoms with E-state index in [9.17, 15) is 14.4 Å². The molecule has 0 aliphatic heterocycles. The summed E-state index contributed by atoms with van der Waals surface area (Å²) in [6.07, 6.45) is 0. The van der Waals surface area contributed by atoms with Gasteiger partial charge in [-0.2, -0.15) is 0 Å². The molecule has 118 valence electrons. The predicted molar refractivity (Wildman–Crippen MR) is 90.2 cm³/mol. The molecular weight excluding hydrogens is 292 g/mol. The standard InChI is InChI=1S/C18H18N2O3/c1-11(21)14-6-9-17(20-12(2)22)16(10-14)18(23)13-4-7-15(19-3)8-5-13/h4-10,19H,1-3H3,(H,20,22). The number of Topliss-reactive ketones (excluding diaryl/α,β-unsaturated/α-hetero) is 1. The lowest BCUT2D eigenvalue weighted by Crippen LogP contribution is -2.12. The third-order valence-electron chi connectivity index (χ3n) is 3.42. The second kappa shape index (κ2) is 6.87. The molecule has 0 fully saturated rings. The minimum atomic E-state index is -0.278. The summed E-state index contributed by atoms with van der Waals surface area (Å²) in [6, 6.07) is 11.7. The van der Waals surface area contributed by atoms with E-state index in [0.717, 1.165) is 5.69 Å². The van der Waals surface area contributed by atoms with Crippen LogP contribution in [0.2, 0.25) is 0 Å². The molecule has 23 heavy (non-hydrogen) atoms. The topological polar surface area (TPSA) is 75.3 Å². The van der Waals surface area contributed by atoms with Crippen LogP contribution in [0.3, 0.4) is 0 Å². The Morgan fingerprint density at radius 1 is 0.870 bits per heavy atom. The molecule has 2 N–H and O–H groups in total. The highest BCUT2D eigenvalue weighted by molar-refractivity contribution is 6.15. The number of ketones is 2. The fourth-order valence-corrected chi connectivity index (χ4v) is 2.19.